The van der Waals surface area contributed by atoms with E-state index in [9.17, 15) is 4.79 Å². The lowest BCUT2D eigenvalue weighted by atomic mass is 10.2. The molecule has 0 bridgehead atoms. The fraction of sp³-hybridized carbons (Fsp3) is 0.154. The average molecular weight is 374 g/mol. The number of esters is 1. The van der Waals surface area contributed by atoms with E-state index in [4.69, 9.17) is 9.15 Å². The van der Waals surface area contributed by atoms with Crippen LogP contribution in [0.2, 0.25) is 0 Å². The number of ether oxygens (including phenoxy) is 1. The predicted molar refractivity (Wildman–Crippen MR) is 74.9 cm³/mol. The smallest absolute Gasteiger partial charge is 0.379 e. The normalized spacial score (nSPS) is 10.4. The number of rotatable bonds is 3. The van der Waals surface area contributed by atoms with Gasteiger partial charge in [-0.1, -0.05) is 13.0 Å². The highest BCUT2D eigenvalue weighted by Crippen LogP contribution is 2.27. The molecule has 0 spiro atoms. The van der Waals surface area contributed by atoms with E-state index < -0.39 is 5.97 Å². The SMILES string of the molecule is CCc1ccc(OC(=O)c2ccc(Br)o2)c(Br)c1. The van der Waals surface area contributed by atoms with Crippen molar-refractivity contribution in [2.45, 2.75) is 13.3 Å². The summed E-state index contributed by atoms with van der Waals surface area (Å²) >= 11 is 6.51. The molecule has 1 heterocycles. The molecular weight excluding hydrogens is 364 g/mol. The topological polar surface area (TPSA) is 39.4 Å². The number of carbonyl (C=O) groups is 1. The molecule has 0 fully saturated rings. The van der Waals surface area contributed by atoms with Crippen molar-refractivity contribution in [2.75, 3.05) is 0 Å². The molecule has 0 unspecified atom stereocenters. The van der Waals surface area contributed by atoms with Gasteiger partial charge in [0.15, 0.2) is 4.67 Å². The quantitative estimate of drug-likeness (QED) is 0.583. The van der Waals surface area contributed by atoms with Crippen molar-refractivity contribution in [3.05, 3.63) is 50.8 Å². The first-order valence-corrected chi connectivity index (χ1v) is 6.94. The van der Waals surface area contributed by atoms with Gasteiger partial charge in [0.25, 0.3) is 0 Å². The van der Waals surface area contributed by atoms with E-state index in [1.54, 1.807) is 18.2 Å². The van der Waals surface area contributed by atoms with Gasteiger partial charge in [-0.05, 0) is 68.1 Å². The van der Waals surface area contributed by atoms with Gasteiger partial charge in [-0.25, -0.2) is 4.79 Å². The third-order valence-corrected chi connectivity index (χ3v) is 3.43. The zero-order chi connectivity index (χ0) is 13.1. The van der Waals surface area contributed by atoms with Crippen molar-refractivity contribution >= 4 is 37.8 Å². The summed E-state index contributed by atoms with van der Waals surface area (Å²) in [6, 6.07) is 8.82. The van der Waals surface area contributed by atoms with Gasteiger partial charge in [-0.2, -0.15) is 0 Å². The van der Waals surface area contributed by atoms with Gasteiger partial charge in [0.1, 0.15) is 5.75 Å². The number of hydrogen-bond donors (Lipinski definition) is 0. The Balaban J connectivity index is 2.16. The van der Waals surface area contributed by atoms with E-state index in [2.05, 4.69) is 38.8 Å². The standard InChI is InChI=1S/C13H10Br2O3/c1-2-8-3-4-10(9(14)7-8)18-13(16)11-5-6-12(15)17-11/h3-7H,2H2,1H3. The van der Waals surface area contributed by atoms with E-state index >= 15 is 0 Å². The van der Waals surface area contributed by atoms with E-state index in [1.807, 2.05) is 12.1 Å². The molecule has 0 atom stereocenters. The Morgan fingerprint density at radius 2 is 2.06 bits per heavy atom. The molecule has 0 N–H and O–H groups in total. The number of aryl methyl sites for hydroxylation is 1. The Hall–Kier alpha value is -1.07. The first-order chi connectivity index (χ1) is 8.60. The number of halogens is 2. The van der Waals surface area contributed by atoms with Crippen molar-refractivity contribution < 1.29 is 13.9 Å². The predicted octanol–water partition coefficient (Wildman–Crippen LogP) is 4.59. The Labute approximate surface area is 121 Å². The van der Waals surface area contributed by atoms with Crippen LogP contribution in [0.4, 0.5) is 0 Å². The van der Waals surface area contributed by atoms with Crippen LogP contribution in [0.3, 0.4) is 0 Å². The summed E-state index contributed by atoms with van der Waals surface area (Å²) in [6.45, 7) is 2.06. The summed E-state index contributed by atoms with van der Waals surface area (Å²) < 4.78 is 11.6. The number of benzene rings is 1. The number of carbonyl (C=O) groups excluding carboxylic acids is 1. The Bertz CT molecular complexity index is 575. The van der Waals surface area contributed by atoms with E-state index in [1.165, 1.54) is 5.56 Å². The summed E-state index contributed by atoms with van der Waals surface area (Å²) in [4.78, 5) is 11.8. The van der Waals surface area contributed by atoms with Crippen LogP contribution in [0.1, 0.15) is 23.0 Å². The molecular formula is C13H10Br2O3. The van der Waals surface area contributed by atoms with Crippen LogP contribution in [0, 0.1) is 0 Å². The van der Waals surface area contributed by atoms with Gasteiger partial charge < -0.3 is 9.15 Å². The van der Waals surface area contributed by atoms with E-state index in [0.717, 1.165) is 10.9 Å². The van der Waals surface area contributed by atoms with Crippen LogP contribution in [0.5, 0.6) is 5.75 Å². The Morgan fingerprint density at radius 1 is 1.28 bits per heavy atom. The first kappa shape index (κ1) is 13.4. The summed E-state index contributed by atoms with van der Waals surface area (Å²) in [6.07, 6.45) is 0.929. The van der Waals surface area contributed by atoms with Crippen LogP contribution in [-0.4, -0.2) is 5.97 Å². The maximum Gasteiger partial charge on any atom is 0.379 e. The molecule has 0 saturated heterocycles. The molecule has 1 aromatic heterocycles. The molecule has 2 aromatic rings. The summed E-state index contributed by atoms with van der Waals surface area (Å²) in [5, 5.41) is 0. The average Bonchev–Trinajstić information content (AvgIpc) is 2.78. The minimum Gasteiger partial charge on any atom is -0.442 e. The molecule has 0 aliphatic rings. The molecule has 18 heavy (non-hydrogen) atoms. The van der Waals surface area contributed by atoms with Crippen LogP contribution >= 0.6 is 31.9 Å². The van der Waals surface area contributed by atoms with E-state index in [0.29, 0.717) is 10.4 Å². The summed E-state index contributed by atoms with van der Waals surface area (Å²) in [5.41, 5.74) is 1.17. The van der Waals surface area contributed by atoms with Gasteiger partial charge >= 0.3 is 5.97 Å². The molecule has 0 aliphatic carbocycles. The zero-order valence-corrected chi connectivity index (χ0v) is 12.7. The molecule has 0 saturated carbocycles. The first-order valence-electron chi connectivity index (χ1n) is 5.36. The monoisotopic (exact) mass is 372 g/mol. The van der Waals surface area contributed by atoms with Gasteiger partial charge in [0.2, 0.25) is 5.76 Å². The highest BCUT2D eigenvalue weighted by atomic mass is 79.9. The second-order valence-corrected chi connectivity index (χ2v) is 5.25. The summed E-state index contributed by atoms with van der Waals surface area (Å²) in [7, 11) is 0. The molecule has 0 radical (unpaired) electrons. The lowest BCUT2D eigenvalue weighted by Gasteiger charge is -2.06. The van der Waals surface area contributed by atoms with Crippen LogP contribution < -0.4 is 4.74 Å². The van der Waals surface area contributed by atoms with Crippen molar-refractivity contribution in [3.8, 4) is 5.75 Å². The highest BCUT2D eigenvalue weighted by Gasteiger charge is 2.14. The number of furan rings is 1. The molecule has 1 aromatic carbocycles. The van der Waals surface area contributed by atoms with Crippen molar-refractivity contribution in [1.29, 1.82) is 0 Å². The molecule has 94 valence electrons. The second kappa shape index (κ2) is 5.71. The fourth-order valence-corrected chi connectivity index (χ4v) is 2.23. The van der Waals surface area contributed by atoms with Crippen molar-refractivity contribution in [3.63, 3.8) is 0 Å². The summed E-state index contributed by atoms with van der Waals surface area (Å²) in [5.74, 6) is 0.115. The van der Waals surface area contributed by atoms with Gasteiger partial charge in [0, 0.05) is 0 Å². The van der Waals surface area contributed by atoms with Crippen molar-refractivity contribution in [2.24, 2.45) is 0 Å². The van der Waals surface area contributed by atoms with Crippen molar-refractivity contribution in [1.82, 2.24) is 0 Å². The Kier molecular flexibility index (Phi) is 4.24. The minimum absolute atomic E-state index is 0.161. The van der Waals surface area contributed by atoms with Gasteiger partial charge in [-0.15, -0.1) is 0 Å². The maximum absolute atomic E-state index is 11.8. The minimum atomic E-state index is -0.523. The van der Waals surface area contributed by atoms with Gasteiger partial charge in [-0.3, -0.25) is 0 Å². The molecule has 2 rings (SSSR count). The molecule has 3 nitrogen and oxygen atoms in total. The molecule has 5 heteroatoms. The lowest BCUT2D eigenvalue weighted by Crippen LogP contribution is -2.07. The van der Waals surface area contributed by atoms with E-state index in [-0.39, 0.29) is 5.76 Å². The third-order valence-electron chi connectivity index (χ3n) is 2.38. The number of hydrogen-bond acceptors (Lipinski definition) is 3. The lowest BCUT2D eigenvalue weighted by molar-refractivity contribution is 0.0698. The third kappa shape index (κ3) is 3.03. The zero-order valence-electron chi connectivity index (χ0n) is 9.57. The van der Waals surface area contributed by atoms with Crippen LogP contribution in [-0.2, 0) is 6.42 Å². The Morgan fingerprint density at radius 3 is 2.61 bits per heavy atom. The molecule has 0 amide bonds. The van der Waals surface area contributed by atoms with Crippen LogP contribution in [0.25, 0.3) is 0 Å². The van der Waals surface area contributed by atoms with Crippen LogP contribution in [0.15, 0.2) is 43.9 Å². The molecule has 0 aliphatic heterocycles. The largest absolute Gasteiger partial charge is 0.442 e. The maximum atomic E-state index is 11.8. The second-order valence-electron chi connectivity index (χ2n) is 3.61. The highest BCUT2D eigenvalue weighted by molar-refractivity contribution is 9.10. The fourth-order valence-electron chi connectivity index (χ4n) is 1.42. The van der Waals surface area contributed by atoms with Gasteiger partial charge in [0.05, 0.1) is 4.47 Å².